The molecule has 0 bridgehead atoms. The third-order valence-electron chi connectivity index (χ3n) is 3.70. The lowest BCUT2D eigenvalue weighted by Gasteiger charge is -2.35. The number of carbonyl (C=O) groups excluding carboxylic acids is 1. The Morgan fingerprint density at radius 2 is 2.42 bits per heavy atom. The van der Waals surface area contributed by atoms with Gasteiger partial charge in [0.2, 0.25) is 5.88 Å². The zero-order valence-corrected chi connectivity index (χ0v) is 11.4. The molecule has 5 nitrogen and oxygen atoms in total. The number of pyridine rings is 1. The van der Waals surface area contributed by atoms with Crippen molar-refractivity contribution < 1.29 is 14.6 Å². The molecule has 1 aliphatic rings. The van der Waals surface area contributed by atoms with E-state index in [1.54, 1.807) is 23.2 Å². The van der Waals surface area contributed by atoms with Gasteiger partial charge in [0.05, 0.1) is 13.2 Å². The molecule has 2 rings (SSSR count). The molecule has 1 aromatic heterocycles. The molecule has 2 atom stereocenters. The van der Waals surface area contributed by atoms with E-state index in [1.807, 2.05) is 6.92 Å². The van der Waals surface area contributed by atoms with Gasteiger partial charge in [-0.1, -0.05) is 6.92 Å². The molecule has 104 valence electrons. The largest absolute Gasteiger partial charge is 0.480 e. The van der Waals surface area contributed by atoms with Gasteiger partial charge in [-0.3, -0.25) is 4.79 Å². The van der Waals surface area contributed by atoms with Crippen LogP contribution in [0.3, 0.4) is 0 Å². The lowest BCUT2D eigenvalue weighted by molar-refractivity contribution is 0.0227. The number of hydrogen-bond acceptors (Lipinski definition) is 4. The SMILES string of the molecule is CCC1CN(C(=O)c2cccnc2OC)CCC1O. The predicted molar refractivity (Wildman–Crippen MR) is 71.1 cm³/mol. The highest BCUT2D eigenvalue weighted by molar-refractivity contribution is 5.96. The van der Waals surface area contributed by atoms with Crippen molar-refractivity contribution in [3.8, 4) is 5.88 Å². The molecule has 0 saturated carbocycles. The summed E-state index contributed by atoms with van der Waals surface area (Å²) in [6.45, 7) is 3.20. The Bertz CT molecular complexity index is 450. The summed E-state index contributed by atoms with van der Waals surface area (Å²) in [6, 6.07) is 3.45. The molecule has 1 aliphatic heterocycles. The summed E-state index contributed by atoms with van der Waals surface area (Å²) in [7, 11) is 1.51. The Balaban J connectivity index is 2.15. The van der Waals surface area contributed by atoms with Crippen molar-refractivity contribution in [2.45, 2.75) is 25.9 Å². The number of amides is 1. The Hall–Kier alpha value is -1.62. The fourth-order valence-corrected chi connectivity index (χ4v) is 2.49. The lowest BCUT2D eigenvalue weighted by atomic mass is 9.92. The third-order valence-corrected chi connectivity index (χ3v) is 3.70. The average Bonchev–Trinajstić information content (AvgIpc) is 2.47. The van der Waals surface area contributed by atoms with Crippen LogP contribution in [0, 0.1) is 5.92 Å². The standard InChI is InChI=1S/C14H20N2O3/c1-3-10-9-16(8-6-12(10)17)14(18)11-5-4-7-15-13(11)19-2/h4-5,7,10,12,17H,3,6,8-9H2,1-2H3. The van der Waals surface area contributed by atoms with Crippen molar-refractivity contribution in [1.82, 2.24) is 9.88 Å². The molecular weight excluding hydrogens is 244 g/mol. The highest BCUT2D eigenvalue weighted by Gasteiger charge is 2.30. The maximum absolute atomic E-state index is 12.5. The molecule has 0 aromatic carbocycles. The van der Waals surface area contributed by atoms with Crippen LogP contribution in [0.15, 0.2) is 18.3 Å². The van der Waals surface area contributed by atoms with E-state index < -0.39 is 0 Å². The van der Waals surface area contributed by atoms with Crippen molar-refractivity contribution in [3.05, 3.63) is 23.9 Å². The lowest BCUT2D eigenvalue weighted by Crippen LogP contribution is -2.45. The van der Waals surface area contributed by atoms with E-state index in [1.165, 1.54) is 7.11 Å². The van der Waals surface area contributed by atoms with Gasteiger partial charge in [0, 0.05) is 25.2 Å². The van der Waals surface area contributed by atoms with E-state index >= 15 is 0 Å². The number of hydrogen-bond donors (Lipinski definition) is 1. The van der Waals surface area contributed by atoms with Crippen LogP contribution in [-0.4, -0.2) is 47.2 Å². The summed E-state index contributed by atoms with van der Waals surface area (Å²) in [6.07, 6.45) is 2.80. The first-order valence-corrected chi connectivity index (χ1v) is 6.63. The van der Waals surface area contributed by atoms with E-state index in [4.69, 9.17) is 4.74 Å². The monoisotopic (exact) mass is 264 g/mol. The number of carbonyl (C=O) groups is 1. The molecule has 1 N–H and O–H groups in total. The molecule has 0 aliphatic carbocycles. The predicted octanol–water partition coefficient (Wildman–Crippen LogP) is 1.32. The number of aromatic nitrogens is 1. The molecule has 19 heavy (non-hydrogen) atoms. The van der Waals surface area contributed by atoms with Gasteiger partial charge in [-0.15, -0.1) is 0 Å². The normalized spacial score (nSPS) is 23.2. The van der Waals surface area contributed by atoms with E-state index in [-0.39, 0.29) is 17.9 Å². The maximum Gasteiger partial charge on any atom is 0.259 e. The minimum Gasteiger partial charge on any atom is -0.480 e. The smallest absolute Gasteiger partial charge is 0.259 e. The van der Waals surface area contributed by atoms with Crippen LogP contribution in [0.5, 0.6) is 5.88 Å². The minimum atomic E-state index is -0.301. The number of ether oxygens (including phenoxy) is 1. The second kappa shape index (κ2) is 6.02. The van der Waals surface area contributed by atoms with Gasteiger partial charge in [-0.2, -0.15) is 0 Å². The van der Waals surface area contributed by atoms with Crippen LogP contribution >= 0.6 is 0 Å². The first-order valence-electron chi connectivity index (χ1n) is 6.63. The Kier molecular flexibility index (Phi) is 4.37. The van der Waals surface area contributed by atoms with Crippen LogP contribution < -0.4 is 4.74 Å². The van der Waals surface area contributed by atoms with Crippen molar-refractivity contribution in [2.24, 2.45) is 5.92 Å². The Labute approximate surface area is 113 Å². The molecular formula is C14H20N2O3. The van der Waals surface area contributed by atoms with Crippen molar-refractivity contribution in [1.29, 1.82) is 0 Å². The van der Waals surface area contributed by atoms with Gasteiger partial charge in [0.25, 0.3) is 5.91 Å². The molecule has 0 spiro atoms. The molecule has 2 heterocycles. The van der Waals surface area contributed by atoms with Crippen LogP contribution in [0.4, 0.5) is 0 Å². The highest BCUT2D eigenvalue weighted by Crippen LogP contribution is 2.23. The van der Waals surface area contributed by atoms with Crippen LogP contribution in [-0.2, 0) is 0 Å². The zero-order valence-electron chi connectivity index (χ0n) is 11.4. The highest BCUT2D eigenvalue weighted by atomic mass is 16.5. The Morgan fingerprint density at radius 3 is 3.11 bits per heavy atom. The van der Waals surface area contributed by atoms with E-state index in [9.17, 15) is 9.90 Å². The van der Waals surface area contributed by atoms with Crippen molar-refractivity contribution in [3.63, 3.8) is 0 Å². The van der Waals surface area contributed by atoms with Crippen LogP contribution in [0.1, 0.15) is 30.1 Å². The molecule has 0 radical (unpaired) electrons. The minimum absolute atomic E-state index is 0.0738. The summed E-state index contributed by atoms with van der Waals surface area (Å²) in [5.74, 6) is 0.433. The summed E-state index contributed by atoms with van der Waals surface area (Å²) in [5.41, 5.74) is 0.483. The van der Waals surface area contributed by atoms with Crippen molar-refractivity contribution in [2.75, 3.05) is 20.2 Å². The second-order valence-electron chi connectivity index (χ2n) is 4.84. The number of aliphatic hydroxyl groups is 1. The number of methoxy groups -OCH3 is 1. The zero-order chi connectivity index (χ0) is 13.8. The number of likely N-dealkylation sites (tertiary alicyclic amines) is 1. The van der Waals surface area contributed by atoms with Gasteiger partial charge < -0.3 is 14.7 Å². The van der Waals surface area contributed by atoms with E-state index in [0.29, 0.717) is 31.0 Å². The Morgan fingerprint density at radius 1 is 1.63 bits per heavy atom. The number of rotatable bonds is 3. The number of aliphatic hydroxyl groups excluding tert-OH is 1. The number of nitrogens with zero attached hydrogens (tertiary/aromatic N) is 2. The topological polar surface area (TPSA) is 62.7 Å². The summed E-state index contributed by atoms with van der Waals surface area (Å²) in [5, 5.41) is 9.86. The van der Waals surface area contributed by atoms with Crippen LogP contribution in [0.25, 0.3) is 0 Å². The summed E-state index contributed by atoms with van der Waals surface area (Å²) >= 11 is 0. The van der Waals surface area contributed by atoms with E-state index in [0.717, 1.165) is 6.42 Å². The number of piperidine rings is 1. The van der Waals surface area contributed by atoms with Gasteiger partial charge in [0.15, 0.2) is 0 Å². The van der Waals surface area contributed by atoms with Crippen LogP contribution in [0.2, 0.25) is 0 Å². The summed E-state index contributed by atoms with van der Waals surface area (Å²) in [4.78, 5) is 18.3. The average molecular weight is 264 g/mol. The van der Waals surface area contributed by atoms with Gasteiger partial charge in [0.1, 0.15) is 5.56 Å². The second-order valence-corrected chi connectivity index (χ2v) is 4.84. The quantitative estimate of drug-likeness (QED) is 0.894. The fourth-order valence-electron chi connectivity index (χ4n) is 2.49. The maximum atomic E-state index is 12.5. The molecule has 2 unspecified atom stereocenters. The molecule has 1 saturated heterocycles. The van der Waals surface area contributed by atoms with Gasteiger partial charge >= 0.3 is 0 Å². The van der Waals surface area contributed by atoms with Gasteiger partial charge in [-0.05, 0) is 25.0 Å². The molecule has 5 heteroatoms. The molecule has 1 amide bonds. The molecule has 1 aromatic rings. The summed E-state index contributed by atoms with van der Waals surface area (Å²) < 4.78 is 5.12. The first kappa shape index (κ1) is 13.8. The van der Waals surface area contributed by atoms with E-state index in [2.05, 4.69) is 4.98 Å². The fraction of sp³-hybridized carbons (Fsp3) is 0.571. The van der Waals surface area contributed by atoms with Crippen molar-refractivity contribution >= 4 is 5.91 Å². The third kappa shape index (κ3) is 2.87. The first-order chi connectivity index (χ1) is 9.17. The molecule has 1 fully saturated rings. The van der Waals surface area contributed by atoms with Gasteiger partial charge in [-0.25, -0.2) is 4.98 Å².